The van der Waals surface area contributed by atoms with E-state index in [2.05, 4.69) is 11.1 Å². The molecule has 1 amide bonds. The zero-order chi connectivity index (χ0) is 21.4. The summed E-state index contributed by atoms with van der Waals surface area (Å²) < 4.78 is 6.82. The van der Waals surface area contributed by atoms with Gasteiger partial charge in [0.25, 0.3) is 5.91 Å². The Hall–Kier alpha value is -3.77. The molecule has 0 bridgehead atoms. The highest BCUT2D eigenvalue weighted by molar-refractivity contribution is 7.22. The van der Waals surface area contributed by atoms with Gasteiger partial charge >= 0.3 is 0 Å². The van der Waals surface area contributed by atoms with E-state index in [1.807, 2.05) is 49.4 Å². The van der Waals surface area contributed by atoms with Crippen LogP contribution in [0.2, 0.25) is 0 Å². The van der Waals surface area contributed by atoms with Gasteiger partial charge in [0, 0.05) is 6.07 Å². The molecule has 5 rings (SSSR count). The Kier molecular flexibility index (Phi) is 4.84. The van der Waals surface area contributed by atoms with Gasteiger partial charge in [0.2, 0.25) is 0 Å². The highest BCUT2D eigenvalue weighted by Gasteiger charge is 2.24. The third-order valence-corrected chi connectivity index (χ3v) is 6.08. The lowest BCUT2D eigenvalue weighted by atomic mass is 10.2. The van der Waals surface area contributed by atoms with Gasteiger partial charge in [-0.15, -0.1) is 0 Å². The highest BCUT2D eigenvalue weighted by atomic mass is 32.1. The van der Waals surface area contributed by atoms with Gasteiger partial charge in [-0.3, -0.25) is 14.5 Å². The minimum atomic E-state index is -0.400. The number of amides is 1. The average molecular weight is 426 g/mol. The Labute approximate surface area is 182 Å². The fourth-order valence-corrected chi connectivity index (χ4v) is 4.53. The molecule has 0 unspecified atom stereocenters. The number of nitrogens with zero attached hydrogens (tertiary/aromatic N) is 2. The van der Waals surface area contributed by atoms with Gasteiger partial charge in [0.1, 0.15) is 5.58 Å². The molecule has 0 radical (unpaired) electrons. The maximum Gasteiger partial charge on any atom is 0.296 e. The normalized spacial score (nSPS) is 11.1. The number of thiazole rings is 1. The first kappa shape index (κ1) is 19.2. The minimum Gasteiger partial charge on any atom is -0.451 e. The highest BCUT2D eigenvalue weighted by Crippen LogP contribution is 2.31. The number of aryl methyl sites for hydroxylation is 1. The van der Waals surface area contributed by atoms with Crippen LogP contribution in [-0.2, 0) is 6.54 Å². The molecule has 152 valence electrons. The van der Waals surface area contributed by atoms with Crippen LogP contribution in [0.5, 0.6) is 0 Å². The number of aromatic nitrogens is 1. The molecule has 0 aliphatic rings. The number of rotatable bonds is 4. The van der Waals surface area contributed by atoms with Crippen molar-refractivity contribution in [3.8, 4) is 0 Å². The van der Waals surface area contributed by atoms with Crippen LogP contribution in [0.15, 0.2) is 88.1 Å². The summed E-state index contributed by atoms with van der Waals surface area (Å²) >= 11 is 1.44. The van der Waals surface area contributed by atoms with E-state index in [4.69, 9.17) is 4.42 Å². The number of hydrogen-bond donors (Lipinski definition) is 0. The lowest BCUT2D eigenvalue weighted by molar-refractivity contribution is 0.0959. The molecule has 3 aromatic carbocycles. The Balaban J connectivity index is 1.62. The largest absolute Gasteiger partial charge is 0.451 e. The van der Waals surface area contributed by atoms with Crippen molar-refractivity contribution in [3.05, 3.63) is 106 Å². The molecule has 0 atom stereocenters. The lowest BCUT2D eigenvalue weighted by Crippen LogP contribution is -2.31. The maximum absolute atomic E-state index is 13.5. The summed E-state index contributed by atoms with van der Waals surface area (Å²) in [7, 11) is 0. The standard InChI is InChI=1S/C25H18N2O3S/c1-16-11-12-19-23(13-16)31-25(26-19)27(15-17-7-3-2-4-8-17)24(29)22-14-20(28)18-9-5-6-10-21(18)30-22/h2-14H,15H2,1H3. The molecule has 0 spiro atoms. The first-order valence-electron chi connectivity index (χ1n) is 9.84. The number of benzene rings is 3. The van der Waals surface area contributed by atoms with Crippen LogP contribution < -0.4 is 10.3 Å². The molecule has 0 N–H and O–H groups in total. The first-order chi connectivity index (χ1) is 15.1. The van der Waals surface area contributed by atoms with Crippen molar-refractivity contribution in [2.45, 2.75) is 13.5 Å². The summed E-state index contributed by atoms with van der Waals surface area (Å²) in [5, 5.41) is 1.01. The molecule has 2 aromatic heterocycles. The Morgan fingerprint density at radius 2 is 1.77 bits per heavy atom. The van der Waals surface area contributed by atoms with Crippen LogP contribution in [0, 0.1) is 6.92 Å². The van der Waals surface area contributed by atoms with Crippen LogP contribution in [0.25, 0.3) is 21.2 Å². The third kappa shape index (κ3) is 3.73. The van der Waals surface area contributed by atoms with Gasteiger partial charge in [0.05, 0.1) is 22.1 Å². The van der Waals surface area contributed by atoms with E-state index < -0.39 is 5.91 Å². The third-order valence-electron chi connectivity index (χ3n) is 5.04. The zero-order valence-electron chi connectivity index (χ0n) is 16.7. The van der Waals surface area contributed by atoms with Gasteiger partial charge in [-0.2, -0.15) is 0 Å². The topological polar surface area (TPSA) is 63.4 Å². The second-order valence-corrected chi connectivity index (χ2v) is 8.32. The van der Waals surface area contributed by atoms with Gasteiger partial charge < -0.3 is 4.42 Å². The molecule has 5 nitrogen and oxygen atoms in total. The van der Waals surface area contributed by atoms with E-state index in [1.165, 1.54) is 17.4 Å². The molecule has 2 heterocycles. The number of hydrogen-bond acceptors (Lipinski definition) is 5. The smallest absolute Gasteiger partial charge is 0.296 e. The Morgan fingerprint density at radius 3 is 2.61 bits per heavy atom. The molecule has 0 fully saturated rings. The molecule has 0 aliphatic carbocycles. The summed E-state index contributed by atoms with van der Waals surface area (Å²) in [6.45, 7) is 2.34. The maximum atomic E-state index is 13.5. The lowest BCUT2D eigenvalue weighted by Gasteiger charge is -2.19. The predicted molar refractivity (Wildman–Crippen MR) is 124 cm³/mol. The van der Waals surface area contributed by atoms with Crippen molar-refractivity contribution in [3.63, 3.8) is 0 Å². The number of carbonyl (C=O) groups is 1. The number of fused-ring (bicyclic) bond motifs is 2. The molecule has 0 saturated carbocycles. The molecule has 0 saturated heterocycles. The summed E-state index contributed by atoms with van der Waals surface area (Å²) in [5.41, 5.74) is 3.05. The van der Waals surface area contributed by atoms with Crippen molar-refractivity contribution in [1.82, 2.24) is 4.98 Å². The minimum absolute atomic E-state index is 0.00457. The summed E-state index contributed by atoms with van der Waals surface area (Å²) in [6.07, 6.45) is 0. The molecular formula is C25H18N2O3S. The average Bonchev–Trinajstić information content (AvgIpc) is 3.20. The van der Waals surface area contributed by atoms with Crippen LogP contribution in [0.3, 0.4) is 0 Å². The SMILES string of the molecule is Cc1ccc2nc(N(Cc3ccccc3)C(=O)c3cc(=O)c4ccccc4o3)sc2c1. The Bertz CT molecular complexity index is 1470. The monoisotopic (exact) mass is 426 g/mol. The zero-order valence-corrected chi connectivity index (χ0v) is 17.6. The van der Waals surface area contributed by atoms with Crippen molar-refractivity contribution >= 4 is 43.6 Å². The summed E-state index contributed by atoms with van der Waals surface area (Å²) in [6, 6.07) is 23.9. The molecular weight excluding hydrogens is 408 g/mol. The molecule has 5 aromatic rings. The molecule has 31 heavy (non-hydrogen) atoms. The van der Waals surface area contributed by atoms with Crippen molar-refractivity contribution in [2.75, 3.05) is 4.90 Å². The second-order valence-electron chi connectivity index (χ2n) is 7.32. The van der Waals surface area contributed by atoms with Crippen LogP contribution in [0.1, 0.15) is 21.7 Å². The molecule has 0 aliphatic heterocycles. The van der Waals surface area contributed by atoms with E-state index >= 15 is 0 Å². The number of carbonyl (C=O) groups excluding carboxylic acids is 1. The van der Waals surface area contributed by atoms with E-state index in [0.29, 0.717) is 22.6 Å². The fourth-order valence-electron chi connectivity index (χ4n) is 3.47. The summed E-state index contributed by atoms with van der Waals surface area (Å²) in [4.78, 5) is 32.4. The van der Waals surface area contributed by atoms with E-state index in [-0.39, 0.29) is 11.2 Å². The number of para-hydroxylation sites is 1. The second kappa shape index (κ2) is 7.81. The van der Waals surface area contributed by atoms with Gasteiger partial charge in [-0.1, -0.05) is 59.9 Å². The van der Waals surface area contributed by atoms with Crippen LogP contribution in [0.4, 0.5) is 5.13 Å². The Morgan fingerprint density at radius 1 is 1.00 bits per heavy atom. The van der Waals surface area contributed by atoms with Crippen LogP contribution in [-0.4, -0.2) is 10.9 Å². The van der Waals surface area contributed by atoms with Gasteiger partial charge in [-0.05, 0) is 42.3 Å². The van der Waals surface area contributed by atoms with Gasteiger partial charge in [-0.25, -0.2) is 4.98 Å². The fraction of sp³-hybridized carbons (Fsp3) is 0.0800. The van der Waals surface area contributed by atoms with E-state index in [1.54, 1.807) is 29.2 Å². The van der Waals surface area contributed by atoms with Crippen molar-refractivity contribution < 1.29 is 9.21 Å². The van der Waals surface area contributed by atoms with Crippen molar-refractivity contribution in [2.24, 2.45) is 0 Å². The van der Waals surface area contributed by atoms with E-state index in [9.17, 15) is 9.59 Å². The first-order valence-corrected chi connectivity index (χ1v) is 10.7. The predicted octanol–water partition coefficient (Wildman–Crippen LogP) is 5.56. The van der Waals surface area contributed by atoms with Crippen molar-refractivity contribution in [1.29, 1.82) is 0 Å². The molecule has 6 heteroatoms. The van der Waals surface area contributed by atoms with E-state index in [0.717, 1.165) is 21.3 Å². The van der Waals surface area contributed by atoms with Gasteiger partial charge in [0.15, 0.2) is 16.3 Å². The number of anilines is 1. The van der Waals surface area contributed by atoms with Crippen LogP contribution >= 0.6 is 11.3 Å². The quantitative estimate of drug-likeness (QED) is 0.378. The summed E-state index contributed by atoms with van der Waals surface area (Å²) in [5.74, 6) is -0.405.